The van der Waals surface area contributed by atoms with Crippen molar-refractivity contribution in [3.8, 4) is 11.5 Å². The fraction of sp³-hybridized carbons (Fsp3) is 0.417. The van der Waals surface area contributed by atoms with Crippen molar-refractivity contribution in [3.05, 3.63) is 23.3 Å². The maximum atomic E-state index is 10.4. The summed E-state index contributed by atoms with van der Waals surface area (Å²) in [4.78, 5) is 10.4. The van der Waals surface area contributed by atoms with Gasteiger partial charge in [0.2, 0.25) is 0 Å². The zero-order valence-electron chi connectivity index (χ0n) is 9.93. The minimum Gasteiger partial charge on any atom is -0.507 e. The highest BCUT2D eigenvalue weighted by Crippen LogP contribution is 2.34. The molecule has 0 fully saturated rings. The summed E-state index contributed by atoms with van der Waals surface area (Å²) in [7, 11) is 1.52. The average molecular weight is 239 g/mol. The van der Waals surface area contributed by atoms with Crippen LogP contribution in [0.1, 0.15) is 30.0 Å². The summed E-state index contributed by atoms with van der Waals surface area (Å²) in [5.41, 5.74) is 6.99. The van der Waals surface area contributed by atoms with Crippen molar-refractivity contribution >= 4 is 5.97 Å². The van der Waals surface area contributed by atoms with Gasteiger partial charge in [0.1, 0.15) is 11.5 Å². The van der Waals surface area contributed by atoms with Gasteiger partial charge in [-0.15, -0.1) is 0 Å². The Bertz CT molecular complexity index is 417. The monoisotopic (exact) mass is 239 g/mol. The Morgan fingerprint density at radius 3 is 2.71 bits per heavy atom. The number of methoxy groups -OCH3 is 1. The van der Waals surface area contributed by atoms with Crippen molar-refractivity contribution in [1.82, 2.24) is 0 Å². The number of hydrogen-bond acceptors (Lipinski definition) is 4. The maximum absolute atomic E-state index is 10.4. The Hall–Kier alpha value is -1.75. The molecule has 0 spiro atoms. The van der Waals surface area contributed by atoms with Crippen LogP contribution in [0.2, 0.25) is 0 Å². The second-order valence-corrected chi connectivity index (χ2v) is 3.87. The predicted octanol–water partition coefficient (Wildman–Crippen LogP) is 1.57. The van der Waals surface area contributed by atoms with E-state index in [4.69, 9.17) is 15.6 Å². The maximum Gasteiger partial charge on any atom is 0.303 e. The van der Waals surface area contributed by atoms with E-state index < -0.39 is 12.0 Å². The van der Waals surface area contributed by atoms with Gasteiger partial charge in [-0.2, -0.15) is 0 Å². The number of phenolic OH excluding ortho intramolecular Hbond substituents is 1. The number of carbonyl (C=O) groups is 1. The first-order valence-corrected chi connectivity index (χ1v) is 5.31. The van der Waals surface area contributed by atoms with E-state index in [-0.39, 0.29) is 18.6 Å². The third kappa shape index (κ3) is 3.10. The third-order valence-corrected chi connectivity index (χ3v) is 2.70. The van der Waals surface area contributed by atoms with Gasteiger partial charge in [0.25, 0.3) is 0 Å². The number of carboxylic acid groups (broad SMARTS) is 1. The van der Waals surface area contributed by atoms with E-state index in [1.165, 1.54) is 7.11 Å². The van der Waals surface area contributed by atoms with Crippen LogP contribution in [0.15, 0.2) is 12.1 Å². The Kier molecular flexibility index (Phi) is 4.34. The Morgan fingerprint density at radius 1 is 1.53 bits per heavy atom. The summed E-state index contributed by atoms with van der Waals surface area (Å²) < 4.78 is 5.06. The lowest BCUT2D eigenvalue weighted by molar-refractivity contribution is -0.137. The van der Waals surface area contributed by atoms with Gasteiger partial charge in [-0.05, 0) is 19.4 Å². The molecule has 0 aliphatic rings. The second-order valence-electron chi connectivity index (χ2n) is 3.87. The van der Waals surface area contributed by atoms with Crippen molar-refractivity contribution < 1.29 is 19.7 Å². The molecule has 0 saturated carbocycles. The number of rotatable bonds is 5. The van der Waals surface area contributed by atoms with Crippen molar-refractivity contribution in [2.75, 3.05) is 7.11 Å². The van der Waals surface area contributed by atoms with E-state index in [2.05, 4.69) is 0 Å². The minimum absolute atomic E-state index is 0.0221. The molecule has 1 atom stereocenters. The number of aromatic hydroxyl groups is 1. The number of phenols is 1. The SMILES string of the molecule is COc1ccc(C(N)CCC(=O)O)c(O)c1C. The van der Waals surface area contributed by atoms with Crippen LogP contribution in [-0.4, -0.2) is 23.3 Å². The summed E-state index contributed by atoms with van der Waals surface area (Å²) >= 11 is 0. The van der Waals surface area contributed by atoms with E-state index in [1.54, 1.807) is 19.1 Å². The molecule has 0 aromatic heterocycles. The van der Waals surface area contributed by atoms with E-state index >= 15 is 0 Å². The molecule has 0 heterocycles. The van der Waals surface area contributed by atoms with Crippen molar-refractivity contribution in [2.24, 2.45) is 5.73 Å². The van der Waals surface area contributed by atoms with Gasteiger partial charge in [-0.25, -0.2) is 0 Å². The van der Waals surface area contributed by atoms with Crippen molar-refractivity contribution in [3.63, 3.8) is 0 Å². The zero-order chi connectivity index (χ0) is 13.0. The van der Waals surface area contributed by atoms with E-state index in [0.29, 0.717) is 16.9 Å². The number of nitrogens with two attached hydrogens (primary N) is 1. The number of benzene rings is 1. The lowest BCUT2D eigenvalue weighted by atomic mass is 9.99. The standard InChI is InChI=1S/C12H17NO4/c1-7-10(17-2)5-3-8(12(7)16)9(13)4-6-11(14)15/h3,5,9,16H,4,6,13H2,1-2H3,(H,14,15). The zero-order valence-corrected chi connectivity index (χ0v) is 9.93. The molecular formula is C12H17NO4. The van der Waals surface area contributed by atoms with E-state index in [1.807, 2.05) is 0 Å². The van der Waals surface area contributed by atoms with Gasteiger partial charge < -0.3 is 20.7 Å². The Balaban J connectivity index is 2.91. The topological polar surface area (TPSA) is 92.8 Å². The summed E-state index contributed by atoms with van der Waals surface area (Å²) in [6, 6.07) is 2.88. The molecular weight excluding hydrogens is 222 g/mol. The van der Waals surface area contributed by atoms with Crippen LogP contribution in [0.5, 0.6) is 11.5 Å². The first kappa shape index (κ1) is 13.3. The molecule has 0 aliphatic carbocycles. The molecule has 17 heavy (non-hydrogen) atoms. The highest BCUT2D eigenvalue weighted by atomic mass is 16.5. The summed E-state index contributed by atoms with van der Waals surface area (Å²) in [5, 5.41) is 18.5. The molecule has 0 radical (unpaired) electrons. The molecule has 0 bridgehead atoms. The summed E-state index contributed by atoms with van der Waals surface area (Å²) in [6.07, 6.45) is 0.264. The van der Waals surface area contributed by atoms with Crippen molar-refractivity contribution in [2.45, 2.75) is 25.8 Å². The molecule has 0 aliphatic heterocycles. The highest BCUT2D eigenvalue weighted by Gasteiger charge is 2.16. The smallest absolute Gasteiger partial charge is 0.303 e. The summed E-state index contributed by atoms with van der Waals surface area (Å²) in [5.74, 6) is -0.246. The number of hydrogen-bond donors (Lipinski definition) is 3. The summed E-state index contributed by atoms with van der Waals surface area (Å²) in [6.45, 7) is 1.72. The van der Waals surface area contributed by atoms with Gasteiger partial charge in [-0.3, -0.25) is 4.79 Å². The van der Waals surface area contributed by atoms with E-state index in [0.717, 1.165) is 0 Å². The van der Waals surface area contributed by atoms with Gasteiger partial charge in [0.15, 0.2) is 0 Å². The van der Waals surface area contributed by atoms with E-state index in [9.17, 15) is 9.90 Å². The Morgan fingerprint density at radius 2 is 2.18 bits per heavy atom. The number of carboxylic acids is 1. The van der Waals surface area contributed by atoms with Crippen LogP contribution >= 0.6 is 0 Å². The second kappa shape index (κ2) is 5.54. The Labute approximate surface area is 99.8 Å². The predicted molar refractivity (Wildman–Crippen MR) is 63.2 cm³/mol. The highest BCUT2D eigenvalue weighted by molar-refractivity contribution is 5.66. The largest absolute Gasteiger partial charge is 0.507 e. The minimum atomic E-state index is -0.898. The molecule has 1 aromatic carbocycles. The number of ether oxygens (including phenoxy) is 1. The fourth-order valence-electron chi connectivity index (χ4n) is 1.66. The van der Waals surface area contributed by atoms with Crippen LogP contribution in [0.25, 0.3) is 0 Å². The van der Waals surface area contributed by atoms with Crippen molar-refractivity contribution in [1.29, 1.82) is 0 Å². The van der Waals surface area contributed by atoms with Crippen LogP contribution in [0.4, 0.5) is 0 Å². The van der Waals surface area contributed by atoms with Crippen LogP contribution < -0.4 is 10.5 Å². The van der Waals surface area contributed by atoms with Gasteiger partial charge in [-0.1, -0.05) is 6.07 Å². The average Bonchev–Trinajstić information content (AvgIpc) is 2.29. The lowest BCUT2D eigenvalue weighted by Gasteiger charge is -2.16. The molecule has 0 amide bonds. The quantitative estimate of drug-likeness (QED) is 0.725. The lowest BCUT2D eigenvalue weighted by Crippen LogP contribution is -2.13. The molecule has 1 unspecified atom stereocenters. The molecule has 4 N–H and O–H groups in total. The van der Waals surface area contributed by atoms with Crippen LogP contribution in [0, 0.1) is 6.92 Å². The van der Waals surface area contributed by atoms with Gasteiger partial charge in [0, 0.05) is 23.6 Å². The molecule has 1 rings (SSSR count). The fourth-order valence-corrected chi connectivity index (χ4v) is 1.66. The van der Waals surface area contributed by atoms with Crippen LogP contribution in [-0.2, 0) is 4.79 Å². The third-order valence-electron chi connectivity index (χ3n) is 2.70. The van der Waals surface area contributed by atoms with Crippen LogP contribution in [0.3, 0.4) is 0 Å². The first-order valence-electron chi connectivity index (χ1n) is 5.31. The van der Waals surface area contributed by atoms with Gasteiger partial charge >= 0.3 is 5.97 Å². The van der Waals surface area contributed by atoms with Gasteiger partial charge in [0.05, 0.1) is 7.11 Å². The normalized spacial score (nSPS) is 12.2. The molecule has 0 saturated heterocycles. The molecule has 94 valence electrons. The molecule has 5 heteroatoms. The number of aliphatic carboxylic acids is 1. The first-order chi connectivity index (χ1) is 7.97. The molecule has 1 aromatic rings. The molecule has 5 nitrogen and oxygen atoms in total.